The maximum Gasteiger partial charge on any atom is 0.472 e. The first-order valence-corrected chi connectivity index (χ1v) is 9.67. The van der Waals surface area contributed by atoms with Gasteiger partial charge in [-0.3, -0.25) is 23.7 Å². The van der Waals surface area contributed by atoms with Gasteiger partial charge < -0.3 is 34.1 Å². The number of esters is 3. The zero-order chi connectivity index (χ0) is 22.4. The van der Waals surface area contributed by atoms with Crippen LogP contribution in [-0.4, -0.2) is 70.9 Å². The first kappa shape index (κ1) is 24.7. The van der Waals surface area contributed by atoms with Gasteiger partial charge in [0.15, 0.2) is 18.5 Å². The maximum absolute atomic E-state index is 11.8. The number of phosphoric ester groups is 1. The summed E-state index contributed by atoms with van der Waals surface area (Å²) in [7, 11) is -5.15. The third-order valence-corrected chi connectivity index (χ3v) is 3.92. The van der Waals surface area contributed by atoms with E-state index in [1.807, 2.05) is 0 Å². The molecule has 3 N–H and O–H groups in total. The first-order chi connectivity index (χ1) is 13.3. The fourth-order valence-electron chi connectivity index (χ4n) is 2.50. The van der Waals surface area contributed by atoms with Gasteiger partial charge in [0.2, 0.25) is 5.91 Å². The van der Waals surface area contributed by atoms with Crippen LogP contribution in [-0.2, 0) is 47.2 Å². The summed E-state index contributed by atoms with van der Waals surface area (Å²) in [5, 5.41) is 2.26. The molecule has 1 rings (SSSR count). The zero-order valence-corrected chi connectivity index (χ0v) is 16.7. The average Bonchev–Trinajstić information content (AvgIpc) is 2.56. The fraction of sp³-hybridized carbons (Fsp3) is 0.600. The molecule has 1 amide bonds. The molecule has 5 atom stereocenters. The van der Waals surface area contributed by atoms with Crippen molar-refractivity contribution >= 4 is 31.6 Å². The van der Waals surface area contributed by atoms with Crippen LogP contribution >= 0.6 is 7.82 Å². The average molecular weight is 439 g/mol. The Labute approximate surface area is 165 Å². The van der Waals surface area contributed by atoms with Gasteiger partial charge in [-0.25, -0.2) is 4.57 Å². The fourth-order valence-corrected chi connectivity index (χ4v) is 2.96. The molecule has 164 valence electrons. The molecular weight excluding hydrogens is 417 g/mol. The van der Waals surface area contributed by atoms with Gasteiger partial charge in [-0.1, -0.05) is 6.58 Å². The van der Waals surface area contributed by atoms with Gasteiger partial charge in [0, 0.05) is 20.8 Å². The number of phosphoric acid groups is 1. The monoisotopic (exact) mass is 439 g/mol. The summed E-state index contributed by atoms with van der Waals surface area (Å²) in [4.78, 5) is 64.4. The highest BCUT2D eigenvalue weighted by atomic mass is 31.2. The largest absolute Gasteiger partial charge is 0.472 e. The van der Waals surface area contributed by atoms with E-state index in [2.05, 4.69) is 16.4 Å². The Morgan fingerprint density at radius 2 is 1.62 bits per heavy atom. The van der Waals surface area contributed by atoms with E-state index in [1.165, 1.54) is 0 Å². The van der Waals surface area contributed by atoms with Crippen LogP contribution in [0.15, 0.2) is 12.7 Å². The van der Waals surface area contributed by atoms with Gasteiger partial charge in [0.05, 0.1) is 0 Å². The summed E-state index contributed by atoms with van der Waals surface area (Å²) < 4.78 is 36.3. The second kappa shape index (κ2) is 10.5. The normalized spacial score (nSPS) is 26.7. The first-order valence-electron chi connectivity index (χ1n) is 8.14. The minimum absolute atomic E-state index is 0.534. The van der Waals surface area contributed by atoms with Crippen LogP contribution in [0.25, 0.3) is 0 Å². The molecule has 0 bridgehead atoms. The second-order valence-corrected chi connectivity index (χ2v) is 7.02. The third-order valence-electron chi connectivity index (χ3n) is 3.44. The molecule has 0 radical (unpaired) electrons. The summed E-state index contributed by atoms with van der Waals surface area (Å²) in [6.07, 6.45) is -5.30. The highest BCUT2D eigenvalue weighted by Crippen LogP contribution is 2.41. The lowest BCUT2D eigenvalue weighted by molar-refractivity contribution is -0.259. The second-order valence-electron chi connectivity index (χ2n) is 5.83. The van der Waals surface area contributed by atoms with Crippen molar-refractivity contribution in [3.05, 3.63) is 12.7 Å². The quantitative estimate of drug-likeness (QED) is 0.180. The summed E-state index contributed by atoms with van der Waals surface area (Å²) in [6, 6.07) is -1.52. The van der Waals surface area contributed by atoms with E-state index in [1.54, 1.807) is 0 Å². The molecule has 0 saturated carbocycles. The lowest BCUT2D eigenvalue weighted by Gasteiger charge is -2.44. The molecule has 1 fully saturated rings. The highest BCUT2D eigenvalue weighted by Gasteiger charge is 2.52. The van der Waals surface area contributed by atoms with Crippen LogP contribution in [0.5, 0.6) is 0 Å². The molecule has 1 aliphatic rings. The Hall–Kier alpha value is -2.31. The molecule has 29 heavy (non-hydrogen) atoms. The topological polar surface area (TPSA) is 184 Å². The molecule has 0 aromatic carbocycles. The van der Waals surface area contributed by atoms with E-state index in [-0.39, 0.29) is 0 Å². The van der Waals surface area contributed by atoms with Crippen molar-refractivity contribution in [1.82, 2.24) is 5.32 Å². The Morgan fingerprint density at radius 1 is 1.07 bits per heavy atom. The van der Waals surface area contributed by atoms with E-state index < -0.39 is 68.9 Å². The lowest BCUT2D eigenvalue weighted by atomic mass is 9.96. The number of hydrogen-bond acceptors (Lipinski definition) is 10. The third kappa shape index (κ3) is 8.30. The van der Waals surface area contributed by atoms with E-state index in [9.17, 15) is 23.7 Å². The smallest absolute Gasteiger partial charge is 0.463 e. The van der Waals surface area contributed by atoms with Crippen molar-refractivity contribution in [2.75, 3.05) is 6.61 Å². The van der Waals surface area contributed by atoms with Gasteiger partial charge in [-0.05, 0) is 6.08 Å². The van der Waals surface area contributed by atoms with Crippen LogP contribution in [0.2, 0.25) is 0 Å². The molecule has 1 aliphatic heterocycles. The minimum Gasteiger partial charge on any atom is -0.463 e. The van der Waals surface area contributed by atoms with Crippen LogP contribution in [0.3, 0.4) is 0 Å². The molecular formula is C15H22NO12P. The summed E-state index contributed by atoms with van der Waals surface area (Å²) >= 11 is 0. The van der Waals surface area contributed by atoms with Crippen molar-refractivity contribution in [2.24, 2.45) is 0 Å². The van der Waals surface area contributed by atoms with Crippen LogP contribution < -0.4 is 5.32 Å². The van der Waals surface area contributed by atoms with Crippen molar-refractivity contribution in [2.45, 2.75) is 51.4 Å². The summed E-state index contributed by atoms with van der Waals surface area (Å²) in [6.45, 7) is 5.86. The minimum atomic E-state index is -5.15. The number of carbonyl (C=O) groups excluding carboxylic acids is 4. The number of ether oxygens (including phenoxy) is 4. The number of amides is 1. The summed E-state index contributed by atoms with van der Waals surface area (Å²) in [5.74, 6) is -3.25. The van der Waals surface area contributed by atoms with Crippen molar-refractivity contribution in [3.63, 3.8) is 0 Å². The number of nitrogens with one attached hydrogen (secondary N) is 1. The van der Waals surface area contributed by atoms with Crippen LogP contribution in [0, 0.1) is 0 Å². The van der Waals surface area contributed by atoms with E-state index in [0.717, 1.165) is 26.8 Å². The molecule has 0 unspecified atom stereocenters. The Kier molecular flexibility index (Phi) is 8.92. The van der Waals surface area contributed by atoms with E-state index >= 15 is 0 Å². The SMILES string of the molecule is C=CC(=O)N[C@H]1[C@@H](OP(=O)(O)O)O[C@H](COC(C)=O)[C@@H](OC(C)=O)[C@@H]1OC(C)=O. The summed E-state index contributed by atoms with van der Waals surface area (Å²) in [5.41, 5.74) is 0. The highest BCUT2D eigenvalue weighted by molar-refractivity contribution is 7.46. The zero-order valence-electron chi connectivity index (χ0n) is 15.8. The molecule has 14 heteroatoms. The molecule has 1 saturated heterocycles. The van der Waals surface area contributed by atoms with E-state index in [0.29, 0.717) is 0 Å². The van der Waals surface area contributed by atoms with Gasteiger partial charge in [-0.2, -0.15) is 0 Å². The Bertz CT molecular complexity index is 703. The van der Waals surface area contributed by atoms with Crippen LogP contribution in [0.4, 0.5) is 0 Å². The predicted octanol–water partition coefficient (Wildman–Crippen LogP) is -1.08. The molecule has 1 heterocycles. The number of rotatable bonds is 8. The predicted molar refractivity (Wildman–Crippen MR) is 91.7 cm³/mol. The number of carbonyl (C=O) groups is 4. The van der Waals surface area contributed by atoms with E-state index in [4.69, 9.17) is 28.7 Å². The molecule has 0 aliphatic carbocycles. The van der Waals surface area contributed by atoms with Gasteiger partial charge >= 0.3 is 25.7 Å². The molecule has 0 aromatic rings. The van der Waals surface area contributed by atoms with Gasteiger partial charge in [0.25, 0.3) is 0 Å². The lowest BCUT2D eigenvalue weighted by Crippen LogP contribution is -2.66. The maximum atomic E-state index is 11.8. The van der Waals surface area contributed by atoms with Crippen LogP contribution in [0.1, 0.15) is 20.8 Å². The van der Waals surface area contributed by atoms with Gasteiger partial charge in [-0.15, -0.1) is 0 Å². The molecule has 0 spiro atoms. The van der Waals surface area contributed by atoms with Crippen molar-refractivity contribution in [1.29, 1.82) is 0 Å². The number of hydrogen-bond donors (Lipinski definition) is 3. The standard InChI is InChI=1S/C15H22NO12P/c1-5-11(20)16-12-14(26-9(4)19)13(25-8(3)18)10(6-24-7(2)17)27-15(12)28-29(21,22)23/h5,10,12-15H,1,6H2,2-4H3,(H,16,20)(H2,21,22,23)/t10-,12-,13-,14-,15-/m1/s1. The van der Waals surface area contributed by atoms with Crippen molar-refractivity contribution in [3.8, 4) is 0 Å². The van der Waals surface area contributed by atoms with Gasteiger partial charge in [0.1, 0.15) is 18.8 Å². The Balaban J connectivity index is 3.39. The molecule has 13 nitrogen and oxygen atoms in total. The van der Waals surface area contributed by atoms with Crippen molar-refractivity contribution < 1.29 is 57.0 Å². The molecule has 0 aromatic heterocycles. The Morgan fingerprint density at radius 3 is 2.07 bits per heavy atom.